The normalized spacial score (nSPS) is 49.0. The first-order valence-electron chi connectivity index (χ1n) is 11.8. The molecule has 5 fully saturated rings. The Morgan fingerprint density at radius 2 is 1.74 bits per heavy atom. The van der Waals surface area contributed by atoms with Gasteiger partial charge in [-0.1, -0.05) is 19.0 Å². The highest BCUT2D eigenvalue weighted by molar-refractivity contribution is 5.87. The van der Waals surface area contributed by atoms with E-state index in [1.54, 1.807) is 0 Å². The molecular formula is C24H37NO2. The number of Topliss-reactive ketones (excluding diaryl/α,β-unsaturated/α-hetero) is 1. The Morgan fingerprint density at radius 3 is 2.56 bits per heavy atom. The van der Waals surface area contributed by atoms with E-state index in [0.717, 1.165) is 43.4 Å². The number of fused-ring (bicyclic) bond motifs is 5. The number of rotatable bonds is 2. The maximum absolute atomic E-state index is 12.6. The molecule has 0 saturated heterocycles. The molecule has 5 saturated carbocycles. The van der Waals surface area contributed by atoms with E-state index in [1.165, 1.54) is 63.5 Å². The van der Waals surface area contributed by atoms with Crippen molar-refractivity contribution in [1.29, 1.82) is 0 Å². The second-order valence-electron chi connectivity index (χ2n) is 10.9. The van der Waals surface area contributed by atoms with Gasteiger partial charge in [0.25, 0.3) is 0 Å². The minimum absolute atomic E-state index is 0.0147. The molecule has 6 atom stereocenters. The standard InChI is InChI=1S/C24H37NO2/c1-23-13-11-17(25-27-18-5-3-4-6-18)15-16(23)7-8-19-20-9-10-22(26)24(20,2)14-12-21(19)23/h16,18-21H,3-15H2,1-2H3/t16-,19?,20?,21?,23-,24-/m0/s1. The Hall–Kier alpha value is -0.860. The maximum atomic E-state index is 12.6. The van der Waals surface area contributed by atoms with E-state index >= 15 is 0 Å². The molecule has 3 heteroatoms. The first kappa shape index (κ1) is 18.2. The lowest BCUT2D eigenvalue weighted by molar-refractivity contribution is -0.137. The van der Waals surface area contributed by atoms with Gasteiger partial charge in [0.05, 0.1) is 5.71 Å². The molecule has 0 aromatic rings. The lowest BCUT2D eigenvalue weighted by Crippen LogP contribution is -2.53. The summed E-state index contributed by atoms with van der Waals surface area (Å²) in [6, 6.07) is 0. The van der Waals surface area contributed by atoms with Crippen LogP contribution >= 0.6 is 0 Å². The lowest BCUT2D eigenvalue weighted by atomic mass is 9.45. The van der Waals surface area contributed by atoms with Gasteiger partial charge in [0, 0.05) is 11.8 Å². The van der Waals surface area contributed by atoms with E-state index in [1.807, 2.05) is 0 Å². The molecule has 27 heavy (non-hydrogen) atoms. The molecule has 0 heterocycles. The van der Waals surface area contributed by atoms with Crippen LogP contribution in [-0.4, -0.2) is 17.6 Å². The number of hydrogen-bond acceptors (Lipinski definition) is 3. The second-order valence-corrected chi connectivity index (χ2v) is 10.9. The highest BCUT2D eigenvalue weighted by atomic mass is 16.6. The van der Waals surface area contributed by atoms with Gasteiger partial charge >= 0.3 is 0 Å². The van der Waals surface area contributed by atoms with Crippen molar-refractivity contribution < 1.29 is 9.63 Å². The Kier molecular flexibility index (Phi) is 4.44. The summed E-state index contributed by atoms with van der Waals surface area (Å²) in [5.41, 5.74) is 1.81. The zero-order chi connectivity index (χ0) is 18.6. The van der Waals surface area contributed by atoms with Crippen molar-refractivity contribution >= 4 is 11.5 Å². The van der Waals surface area contributed by atoms with Crippen LogP contribution in [0.1, 0.15) is 97.3 Å². The summed E-state index contributed by atoms with van der Waals surface area (Å²) in [7, 11) is 0. The SMILES string of the molecule is C[C@]12CCC3C(CC[C@H]4CC(=NOC5CCCC5)CC[C@]34C)C1CCC2=O. The smallest absolute Gasteiger partial charge is 0.139 e. The molecule has 3 unspecified atom stereocenters. The third-order valence-electron chi connectivity index (χ3n) is 9.84. The fourth-order valence-corrected chi connectivity index (χ4v) is 8.06. The van der Waals surface area contributed by atoms with E-state index < -0.39 is 0 Å². The maximum Gasteiger partial charge on any atom is 0.139 e. The van der Waals surface area contributed by atoms with Gasteiger partial charge in [-0.15, -0.1) is 0 Å². The predicted molar refractivity (Wildman–Crippen MR) is 108 cm³/mol. The van der Waals surface area contributed by atoms with Crippen LogP contribution in [0.25, 0.3) is 0 Å². The number of carbonyl (C=O) groups excluding carboxylic acids is 1. The summed E-state index contributed by atoms with van der Waals surface area (Å²) in [6.45, 7) is 4.88. The van der Waals surface area contributed by atoms with Gasteiger partial charge in [-0.05, 0) is 106 Å². The fraction of sp³-hybridized carbons (Fsp3) is 0.917. The quantitative estimate of drug-likeness (QED) is 0.566. The first-order valence-corrected chi connectivity index (χ1v) is 11.8. The van der Waals surface area contributed by atoms with Gasteiger partial charge < -0.3 is 4.84 Å². The number of nitrogens with zero attached hydrogens (tertiary/aromatic N) is 1. The molecule has 0 amide bonds. The minimum Gasteiger partial charge on any atom is -0.393 e. The Morgan fingerprint density at radius 1 is 0.926 bits per heavy atom. The zero-order valence-electron chi connectivity index (χ0n) is 17.3. The fourth-order valence-electron chi connectivity index (χ4n) is 8.06. The van der Waals surface area contributed by atoms with E-state index in [2.05, 4.69) is 19.0 Å². The van der Waals surface area contributed by atoms with Crippen LogP contribution in [0.4, 0.5) is 0 Å². The number of ketones is 1. The lowest BCUT2D eigenvalue weighted by Gasteiger charge is -2.59. The Bertz CT molecular complexity index is 636. The molecule has 0 N–H and O–H groups in total. The highest BCUT2D eigenvalue weighted by Gasteiger charge is 2.60. The monoisotopic (exact) mass is 371 g/mol. The van der Waals surface area contributed by atoms with Crippen molar-refractivity contribution in [2.24, 2.45) is 39.7 Å². The topological polar surface area (TPSA) is 38.7 Å². The molecule has 0 radical (unpaired) electrons. The van der Waals surface area contributed by atoms with Gasteiger partial charge in [0.1, 0.15) is 11.9 Å². The molecule has 5 rings (SSSR count). The molecule has 0 aromatic heterocycles. The minimum atomic E-state index is 0.0147. The largest absolute Gasteiger partial charge is 0.393 e. The average Bonchev–Trinajstić information content (AvgIpc) is 3.28. The van der Waals surface area contributed by atoms with Crippen LogP contribution < -0.4 is 0 Å². The zero-order valence-corrected chi connectivity index (χ0v) is 17.3. The van der Waals surface area contributed by atoms with Crippen LogP contribution in [-0.2, 0) is 9.63 Å². The van der Waals surface area contributed by atoms with Gasteiger partial charge in [0.15, 0.2) is 0 Å². The predicted octanol–water partition coefficient (Wildman–Crippen LogP) is 5.91. The van der Waals surface area contributed by atoms with Crippen LogP contribution in [0.2, 0.25) is 0 Å². The third kappa shape index (κ3) is 2.82. The summed E-state index contributed by atoms with van der Waals surface area (Å²) in [4.78, 5) is 18.5. The van der Waals surface area contributed by atoms with Crippen molar-refractivity contribution in [3.05, 3.63) is 0 Å². The molecule has 0 aromatic carbocycles. The molecule has 5 aliphatic rings. The van der Waals surface area contributed by atoms with Crippen molar-refractivity contribution in [3.8, 4) is 0 Å². The van der Waals surface area contributed by atoms with Gasteiger partial charge in [0.2, 0.25) is 0 Å². The summed E-state index contributed by atoms with van der Waals surface area (Å²) in [5, 5.41) is 4.64. The second kappa shape index (κ2) is 6.59. The van der Waals surface area contributed by atoms with E-state index in [4.69, 9.17) is 4.84 Å². The number of oxime groups is 1. The van der Waals surface area contributed by atoms with E-state index in [0.29, 0.717) is 23.2 Å². The summed E-state index contributed by atoms with van der Waals surface area (Å²) in [6.07, 6.45) is 16.1. The molecule has 3 nitrogen and oxygen atoms in total. The first-order chi connectivity index (χ1) is 13.0. The van der Waals surface area contributed by atoms with Crippen LogP contribution in [0.15, 0.2) is 5.16 Å². The summed E-state index contributed by atoms with van der Waals surface area (Å²) in [5.74, 6) is 3.64. The molecule has 150 valence electrons. The van der Waals surface area contributed by atoms with Crippen molar-refractivity contribution in [2.45, 2.75) is 103 Å². The van der Waals surface area contributed by atoms with Crippen LogP contribution in [0, 0.1) is 34.5 Å². The Balaban J connectivity index is 1.30. The van der Waals surface area contributed by atoms with E-state index in [-0.39, 0.29) is 5.41 Å². The highest BCUT2D eigenvalue weighted by Crippen LogP contribution is 2.65. The number of carbonyl (C=O) groups is 1. The third-order valence-corrected chi connectivity index (χ3v) is 9.84. The molecule has 0 spiro atoms. The average molecular weight is 372 g/mol. The van der Waals surface area contributed by atoms with Gasteiger partial charge in [-0.25, -0.2) is 0 Å². The van der Waals surface area contributed by atoms with Crippen molar-refractivity contribution in [2.75, 3.05) is 0 Å². The van der Waals surface area contributed by atoms with E-state index in [9.17, 15) is 4.79 Å². The van der Waals surface area contributed by atoms with Crippen molar-refractivity contribution in [1.82, 2.24) is 0 Å². The Labute approximate surface area is 164 Å². The molecule has 5 aliphatic carbocycles. The number of hydrogen-bond donors (Lipinski definition) is 0. The molecule has 0 bridgehead atoms. The van der Waals surface area contributed by atoms with Crippen molar-refractivity contribution in [3.63, 3.8) is 0 Å². The molecule has 0 aliphatic heterocycles. The summed E-state index contributed by atoms with van der Waals surface area (Å²) >= 11 is 0. The van der Waals surface area contributed by atoms with Gasteiger partial charge in [-0.3, -0.25) is 4.79 Å². The van der Waals surface area contributed by atoms with Crippen LogP contribution in [0.3, 0.4) is 0 Å². The summed E-state index contributed by atoms with van der Waals surface area (Å²) < 4.78 is 0. The van der Waals surface area contributed by atoms with Crippen LogP contribution in [0.5, 0.6) is 0 Å². The molecular weight excluding hydrogens is 334 g/mol. The van der Waals surface area contributed by atoms with Gasteiger partial charge in [-0.2, -0.15) is 0 Å².